The zero-order valence-electron chi connectivity index (χ0n) is 19.6. The van der Waals surface area contributed by atoms with Gasteiger partial charge < -0.3 is 20.6 Å². The highest BCUT2D eigenvalue weighted by Gasteiger charge is 2.15. The predicted octanol–water partition coefficient (Wildman–Crippen LogP) is 6.13. The number of rotatable bonds is 9. The number of ether oxygens (including phenoxy) is 1. The summed E-state index contributed by atoms with van der Waals surface area (Å²) in [7, 11) is 0. The summed E-state index contributed by atoms with van der Waals surface area (Å²) >= 11 is 0. The van der Waals surface area contributed by atoms with Crippen LogP contribution in [0, 0.1) is 18.6 Å². The number of aryl methyl sites for hydroxylation is 2. The van der Waals surface area contributed by atoms with Crippen LogP contribution in [0.2, 0.25) is 0 Å². The second-order valence-electron chi connectivity index (χ2n) is 8.32. The molecule has 0 aliphatic heterocycles. The molecule has 0 aliphatic rings. The largest absolute Gasteiger partial charge is 0.481 e. The summed E-state index contributed by atoms with van der Waals surface area (Å²) in [5.41, 5.74) is 9.45. The average molecular weight is 490 g/mol. The Morgan fingerprint density at radius 1 is 1.11 bits per heavy atom. The quantitative estimate of drug-likeness (QED) is 0.246. The smallest absolute Gasteiger partial charge is 0.303 e. The van der Waals surface area contributed by atoms with E-state index in [9.17, 15) is 13.6 Å². The summed E-state index contributed by atoms with van der Waals surface area (Å²) in [5, 5.41) is 9.66. The van der Waals surface area contributed by atoms with Gasteiger partial charge in [0.05, 0.1) is 6.54 Å². The number of benzene rings is 3. The lowest BCUT2D eigenvalue weighted by Crippen LogP contribution is -2.01. The average Bonchev–Trinajstić information content (AvgIpc) is 3.33. The summed E-state index contributed by atoms with van der Waals surface area (Å²) in [6.45, 7) is 2.11. The number of hydrogen-bond donors (Lipinski definition) is 3. The van der Waals surface area contributed by atoms with Crippen LogP contribution in [0.3, 0.4) is 0 Å². The van der Waals surface area contributed by atoms with Crippen molar-refractivity contribution in [3.63, 3.8) is 0 Å². The number of allylic oxidation sites excluding steroid dienone is 1. The molecule has 0 bridgehead atoms. The number of nitrogens with zero attached hydrogens (tertiary/aromatic N) is 1. The van der Waals surface area contributed by atoms with Crippen molar-refractivity contribution in [2.45, 2.75) is 26.3 Å². The SMILES string of the molecule is Cc1c(Oc2ccc(F)c(/C(N)=C/C=NCc3cccc(CCC(=O)O)c3)c2)c(F)cc2[nH]ccc12. The number of carboxylic acid groups (broad SMARTS) is 1. The van der Waals surface area contributed by atoms with Crippen LogP contribution in [0.1, 0.15) is 28.7 Å². The van der Waals surface area contributed by atoms with Crippen LogP contribution in [-0.2, 0) is 17.8 Å². The zero-order valence-corrected chi connectivity index (χ0v) is 19.6. The van der Waals surface area contributed by atoms with Gasteiger partial charge in [-0.3, -0.25) is 9.79 Å². The second-order valence-corrected chi connectivity index (χ2v) is 8.32. The van der Waals surface area contributed by atoms with Crippen LogP contribution in [0.25, 0.3) is 16.6 Å². The Hall–Kier alpha value is -4.46. The van der Waals surface area contributed by atoms with E-state index in [1.807, 2.05) is 30.3 Å². The first-order valence-corrected chi connectivity index (χ1v) is 11.3. The molecule has 0 radical (unpaired) electrons. The number of halogens is 2. The van der Waals surface area contributed by atoms with Crippen LogP contribution >= 0.6 is 0 Å². The van der Waals surface area contributed by atoms with E-state index in [-0.39, 0.29) is 29.2 Å². The molecule has 0 spiro atoms. The van der Waals surface area contributed by atoms with Crippen molar-refractivity contribution in [1.82, 2.24) is 4.98 Å². The Bertz CT molecular complexity index is 1470. The van der Waals surface area contributed by atoms with Crippen LogP contribution in [0.15, 0.2) is 71.9 Å². The number of carboxylic acids is 1. The zero-order chi connectivity index (χ0) is 25.7. The van der Waals surface area contributed by atoms with E-state index < -0.39 is 17.6 Å². The standard InChI is InChI=1S/C28H25F2N3O3/c1-17-21-9-12-33-26(21)15-24(30)28(17)36-20-6-7-23(29)22(14-20)25(31)10-11-32-16-19-4-2-3-18(13-19)5-8-27(34)35/h2-4,6-7,9-15,33H,5,8,16,31H2,1H3,(H,34,35)/b25-10-,32-11?. The molecule has 0 unspecified atom stereocenters. The first-order valence-electron chi connectivity index (χ1n) is 11.3. The Kier molecular flexibility index (Phi) is 7.44. The van der Waals surface area contributed by atoms with Gasteiger partial charge in [0.2, 0.25) is 0 Å². The molecule has 4 N–H and O–H groups in total. The number of fused-ring (bicyclic) bond motifs is 1. The third kappa shape index (κ3) is 5.78. The maximum absolute atomic E-state index is 14.6. The number of aliphatic carboxylic acids is 1. The van der Waals surface area contributed by atoms with E-state index in [0.29, 0.717) is 24.0 Å². The number of H-pyrrole nitrogens is 1. The maximum Gasteiger partial charge on any atom is 0.303 e. The van der Waals surface area contributed by atoms with Crippen molar-refractivity contribution < 1.29 is 23.4 Å². The Morgan fingerprint density at radius 2 is 1.92 bits per heavy atom. The van der Waals surface area contributed by atoms with Gasteiger partial charge in [-0.25, -0.2) is 8.78 Å². The number of carbonyl (C=O) groups is 1. The Labute approximate surface area is 206 Å². The van der Waals surface area contributed by atoms with Gasteiger partial charge in [-0.1, -0.05) is 24.3 Å². The summed E-state index contributed by atoms with van der Waals surface area (Å²) in [6.07, 6.45) is 5.19. The lowest BCUT2D eigenvalue weighted by Gasteiger charge is -2.12. The fourth-order valence-electron chi connectivity index (χ4n) is 3.87. The van der Waals surface area contributed by atoms with Crippen molar-refractivity contribution in [3.05, 3.63) is 101 Å². The highest BCUT2D eigenvalue weighted by molar-refractivity contribution is 5.85. The number of nitrogens with two attached hydrogens (primary N) is 1. The first kappa shape index (κ1) is 24.7. The van der Waals surface area contributed by atoms with Crippen LogP contribution in [0.5, 0.6) is 11.5 Å². The van der Waals surface area contributed by atoms with Gasteiger partial charge in [-0.15, -0.1) is 0 Å². The Morgan fingerprint density at radius 3 is 2.72 bits per heavy atom. The molecule has 0 aliphatic carbocycles. The van der Waals surface area contributed by atoms with Crippen molar-refractivity contribution in [2.75, 3.05) is 0 Å². The van der Waals surface area contributed by atoms with Gasteiger partial charge in [0, 0.05) is 52.6 Å². The number of nitrogens with one attached hydrogen (secondary N) is 1. The molecule has 0 saturated carbocycles. The fourth-order valence-corrected chi connectivity index (χ4v) is 3.87. The molecule has 0 atom stereocenters. The molecule has 36 heavy (non-hydrogen) atoms. The molecule has 6 nitrogen and oxygen atoms in total. The molecule has 184 valence electrons. The van der Waals surface area contributed by atoms with E-state index in [1.165, 1.54) is 36.6 Å². The summed E-state index contributed by atoms with van der Waals surface area (Å²) < 4.78 is 34.9. The van der Waals surface area contributed by atoms with E-state index in [0.717, 1.165) is 16.5 Å². The minimum Gasteiger partial charge on any atom is -0.481 e. The topological polar surface area (TPSA) is 101 Å². The number of aromatic nitrogens is 1. The van der Waals surface area contributed by atoms with E-state index >= 15 is 0 Å². The molecule has 0 amide bonds. The van der Waals surface area contributed by atoms with Crippen LogP contribution < -0.4 is 10.5 Å². The lowest BCUT2D eigenvalue weighted by atomic mass is 10.1. The molecule has 0 saturated heterocycles. The number of aromatic amines is 1. The highest BCUT2D eigenvalue weighted by Crippen LogP contribution is 2.34. The van der Waals surface area contributed by atoms with Crippen molar-refractivity contribution >= 4 is 28.8 Å². The molecule has 3 aromatic carbocycles. The Balaban J connectivity index is 1.47. The number of aliphatic imine (C=N–C) groups is 1. The first-order chi connectivity index (χ1) is 17.3. The van der Waals surface area contributed by atoms with Gasteiger partial charge in [-0.2, -0.15) is 0 Å². The molecule has 4 aromatic rings. The molecule has 4 rings (SSSR count). The third-order valence-electron chi connectivity index (χ3n) is 5.73. The summed E-state index contributed by atoms with van der Waals surface area (Å²) in [5.74, 6) is -1.61. The molecular weight excluding hydrogens is 464 g/mol. The summed E-state index contributed by atoms with van der Waals surface area (Å²) in [6, 6.07) is 14.8. The maximum atomic E-state index is 14.6. The van der Waals surface area contributed by atoms with Gasteiger partial charge in [0.25, 0.3) is 0 Å². The monoisotopic (exact) mass is 489 g/mol. The van der Waals surface area contributed by atoms with Gasteiger partial charge in [0.15, 0.2) is 11.6 Å². The molecule has 1 aromatic heterocycles. The fraction of sp³-hybridized carbons (Fsp3) is 0.143. The van der Waals surface area contributed by atoms with E-state index in [1.54, 1.807) is 13.1 Å². The van der Waals surface area contributed by atoms with Crippen molar-refractivity contribution in [3.8, 4) is 11.5 Å². The molecular formula is C28H25F2N3O3. The third-order valence-corrected chi connectivity index (χ3v) is 5.73. The van der Waals surface area contributed by atoms with Crippen molar-refractivity contribution in [2.24, 2.45) is 10.7 Å². The second kappa shape index (κ2) is 10.9. The van der Waals surface area contributed by atoms with Gasteiger partial charge in [0.1, 0.15) is 11.6 Å². The minimum atomic E-state index is -0.845. The van der Waals surface area contributed by atoms with Gasteiger partial charge in [-0.05, 0) is 54.8 Å². The minimum absolute atomic E-state index is 0.0628. The van der Waals surface area contributed by atoms with E-state index in [2.05, 4.69) is 9.98 Å². The van der Waals surface area contributed by atoms with Crippen LogP contribution in [0.4, 0.5) is 8.78 Å². The van der Waals surface area contributed by atoms with Crippen molar-refractivity contribution in [1.29, 1.82) is 0 Å². The summed E-state index contributed by atoms with van der Waals surface area (Å²) in [4.78, 5) is 18.0. The predicted molar refractivity (Wildman–Crippen MR) is 136 cm³/mol. The van der Waals surface area contributed by atoms with Gasteiger partial charge >= 0.3 is 5.97 Å². The molecule has 8 heteroatoms. The lowest BCUT2D eigenvalue weighted by molar-refractivity contribution is -0.136. The molecule has 1 heterocycles. The number of hydrogen-bond acceptors (Lipinski definition) is 4. The molecule has 0 fully saturated rings. The highest BCUT2D eigenvalue weighted by atomic mass is 19.1. The van der Waals surface area contributed by atoms with E-state index in [4.69, 9.17) is 15.6 Å². The van der Waals surface area contributed by atoms with Crippen LogP contribution in [-0.4, -0.2) is 22.3 Å². The normalized spacial score (nSPS) is 11.9.